The number of nitrogens with zero attached hydrogens (tertiary/aromatic N) is 2. The van der Waals surface area contributed by atoms with Crippen LogP contribution < -0.4 is 19.6 Å². The molecule has 1 amide bonds. The first kappa shape index (κ1) is 20.7. The van der Waals surface area contributed by atoms with E-state index >= 15 is 0 Å². The van der Waals surface area contributed by atoms with E-state index < -0.39 is 4.92 Å². The number of nitro groups is 1. The largest absolute Gasteiger partial charge is 0.492 e. The summed E-state index contributed by atoms with van der Waals surface area (Å²) in [5.41, 5.74) is 2.29. The number of hydrogen-bond acceptors (Lipinski definition) is 7. The first-order valence-electron chi connectivity index (χ1n) is 8.42. The molecule has 1 aliphatic heterocycles. The van der Waals surface area contributed by atoms with Gasteiger partial charge in [0.05, 0.1) is 34.4 Å². The standard InChI is InChI=1S/C18H15Cl2N3O6/c19-12-3-4-15(13(20)7-12)27-5-1-2-18(24)22-21-9-11-6-16-17(29-10-28-16)8-14(11)23(25)26/h3-4,6-9H,1-2,5,10H2,(H,22,24)/b21-9+. The van der Waals surface area contributed by atoms with Crippen LogP contribution in [0.1, 0.15) is 18.4 Å². The Labute approximate surface area is 175 Å². The number of carbonyl (C=O) groups excluding carboxylic acids is 1. The van der Waals surface area contributed by atoms with Crippen molar-refractivity contribution in [3.8, 4) is 17.2 Å². The number of carbonyl (C=O) groups is 1. The number of amides is 1. The molecule has 3 rings (SSSR count). The Kier molecular flexibility index (Phi) is 6.73. The van der Waals surface area contributed by atoms with E-state index in [0.29, 0.717) is 33.7 Å². The van der Waals surface area contributed by atoms with Crippen LogP contribution in [0.25, 0.3) is 0 Å². The number of benzene rings is 2. The predicted octanol–water partition coefficient (Wildman–Crippen LogP) is 3.94. The third-order valence-corrected chi connectivity index (χ3v) is 4.34. The minimum Gasteiger partial charge on any atom is -0.492 e. The molecule has 0 atom stereocenters. The summed E-state index contributed by atoms with van der Waals surface area (Å²) in [4.78, 5) is 22.5. The molecule has 0 bridgehead atoms. The summed E-state index contributed by atoms with van der Waals surface area (Å²) in [6.07, 6.45) is 1.75. The Morgan fingerprint density at radius 3 is 2.76 bits per heavy atom. The zero-order valence-electron chi connectivity index (χ0n) is 14.9. The Hall–Kier alpha value is -3.04. The van der Waals surface area contributed by atoms with E-state index in [-0.39, 0.29) is 37.0 Å². The van der Waals surface area contributed by atoms with Gasteiger partial charge in [-0.05, 0) is 30.7 Å². The van der Waals surface area contributed by atoms with Crippen molar-refractivity contribution in [3.05, 3.63) is 56.1 Å². The molecular formula is C18H15Cl2N3O6. The lowest BCUT2D eigenvalue weighted by molar-refractivity contribution is -0.385. The maximum Gasteiger partial charge on any atom is 0.282 e. The van der Waals surface area contributed by atoms with Gasteiger partial charge < -0.3 is 14.2 Å². The number of hydrogen-bond donors (Lipinski definition) is 1. The summed E-state index contributed by atoms with van der Waals surface area (Å²) in [6.45, 7) is 0.263. The van der Waals surface area contributed by atoms with E-state index in [1.807, 2.05) is 0 Å². The summed E-state index contributed by atoms with van der Waals surface area (Å²) < 4.78 is 15.8. The molecule has 0 fully saturated rings. The molecule has 1 N–H and O–H groups in total. The molecule has 1 aliphatic rings. The van der Waals surface area contributed by atoms with E-state index in [1.165, 1.54) is 18.3 Å². The van der Waals surface area contributed by atoms with Crippen molar-refractivity contribution in [3.63, 3.8) is 0 Å². The molecule has 2 aromatic rings. The van der Waals surface area contributed by atoms with Crippen molar-refractivity contribution < 1.29 is 23.9 Å². The number of fused-ring (bicyclic) bond motifs is 1. The Morgan fingerprint density at radius 2 is 2.03 bits per heavy atom. The Bertz CT molecular complexity index is 967. The average molecular weight is 440 g/mol. The van der Waals surface area contributed by atoms with Crippen LogP contribution in [0.3, 0.4) is 0 Å². The van der Waals surface area contributed by atoms with Crippen LogP contribution >= 0.6 is 23.2 Å². The summed E-state index contributed by atoms with van der Waals surface area (Å²) in [5.74, 6) is 0.778. The van der Waals surface area contributed by atoms with E-state index in [1.54, 1.807) is 18.2 Å². The molecule has 0 saturated carbocycles. The third-order valence-electron chi connectivity index (χ3n) is 3.81. The quantitative estimate of drug-likeness (QED) is 0.288. The lowest BCUT2D eigenvalue weighted by atomic mass is 10.1. The Balaban J connectivity index is 1.48. The van der Waals surface area contributed by atoms with Gasteiger partial charge in [-0.3, -0.25) is 14.9 Å². The van der Waals surface area contributed by atoms with E-state index in [4.69, 9.17) is 37.4 Å². The van der Waals surface area contributed by atoms with Crippen LogP contribution in [0.15, 0.2) is 35.4 Å². The average Bonchev–Trinajstić information content (AvgIpc) is 3.13. The molecule has 0 saturated heterocycles. The molecule has 152 valence electrons. The molecule has 1 heterocycles. The molecule has 0 aliphatic carbocycles. The van der Waals surface area contributed by atoms with Gasteiger partial charge in [-0.25, -0.2) is 5.43 Å². The van der Waals surface area contributed by atoms with Crippen molar-refractivity contribution in [2.45, 2.75) is 12.8 Å². The number of hydrazone groups is 1. The van der Waals surface area contributed by atoms with Gasteiger partial charge in [-0.1, -0.05) is 23.2 Å². The predicted molar refractivity (Wildman–Crippen MR) is 106 cm³/mol. The highest BCUT2D eigenvalue weighted by Gasteiger charge is 2.22. The van der Waals surface area contributed by atoms with Crippen molar-refractivity contribution >= 4 is 41.0 Å². The van der Waals surface area contributed by atoms with Crippen LogP contribution in [-0.4, -0.2) is 30.4 Å². The third kappa shape index (κ3) is 5.49. The van der Waals surface area contributed by atoms with Crippen molar-refractivity contribution in [2.75, 3.05) is 13.4 Å². The van der Waals surface area contributed by atoms with Crippen LogP contribution in [0.5, 0.6) is 17.2 Å². The molecule has 11 heteroatoms. The van der Waals surface area contributed by atoms with Crippen LogP contribution in [-0.2, 0) is 4.79 Å². The molecular weight excluding hydrogens is 425 g/mol. The minimum absolute atomic E-state index is 0.00682. The fraction of sp³-hybridized carbons (Fsp3) is 0.222. The SMILES string of the molecule is O=C(CCCOc1ccc(Cl)cc1Cl)N/N=C/c1cc2c(cc1[N+](=O)[O-])OCO2. The zero-order valence-corrected chi connectivity index (χ0v) is 16.4. The second-order valence-corrected chi connectivity index (χ2v) is 6.68. The van der Waals surface area contributed by atoms with Gasteiger partial charge in [0.2, 0.25) is 12.7 Å². The number of ether oxygens (including phenoxy) is 3. The smallest absolute Gasteiger partial charge is 0.282 e. The summed E-state index contributed by atoms with van der Waals surface area (Å²) in [5, 5.41) is 15.8. The van der Waals surface area contributed by atoms with E-state index in [9.17, 15) is 14.9 Å². The van der Waals surface area contributed by atoms with Crippen molar-refractivity contribution in [1.82, 2.24) is 5.43 Å². The van der Waals surface area contributed by atoms with E-state index in [0.717, 1.165) is 0 Å². The Morgan fingerprint density at radius 1 is 1.28 bits per heavy atom. The normalized spacial score (nSPS) is 12.2. The minimum atomic E-state index is -0.565. The molecule has 9 nitrogen and oxygen atoms in total. The van der Waals surface area contributed by atoms with Gasteiger partial charge in [-0.15, -0.1) is 0 Å². The number of nitrogens with one attached hydrogen (secondary N) is 1. The molecule has 0 unspecified atom stereocenters. The monoisotopic (exact) mass is 439 g/mol. The molecule has 0 radical (unpaired) electrons. The van der Waals surface area contributed by atoms with Crippen LogP contribution in [0.4, 0.5) is 5.69 Å². The fourth-order valence-corrected chi connectivity index (χ4v) is 2.91. The summed E-state index contributed by atoms with van der Waals surface area (Å²) >= 11 is 11.8. The van der Waals surface area contributed by atoms with Gasteiger partial charge in [-0.2, -0.15) is 5.10 Å². The summed E-state index contributed by atoms with van der Waals surface area (Å²) in [6, 6.07) is 7.55. The first-order chi connectivity index (χ1) is 13.9. The fourth-order valence-electron chi connectivity index (χ4n) is 2.45. The second kappa shape index (κ2) is 9.44. The van der Waals surface area contributed by atoms with Gasteiger partial charge in [0, 0.05) is 11.4 Å². The summed E-state index contributed by atoms with van der Waals surface area (Å²) in [7, 11) is 0. The van der Waals surface area contributed by atoms with Gasteiger partial charge >= 0.3 is 0 Å². The lowest BCUT2D eigenvalue weighted by Crippen LogP contribution is -2.18. The second-order valence-electron chi connectivity index (χ2n) is 5.84. The number of halogens is 2. The van der Waals surface area contributed by atoms with Gasteiger partial charge in [0.15, 0.2) is 11.5 Å². The first-order valence-corrected chi connectivity index (χ1v) is 9.17. The molecule has 2 aromatic carbocycles. The molecule has 0 aromatic heterocycles. The highest BCUT2D eigenvalue weighted by molar-refractivity contribution is 6.35. The van der Waals surface area contributed by atoms with Crippen LogP contribution in [0.2, 0.25) is 10.0 Å². The lowest BCUT2D eigenvalue weighted by Gasteiger charge is -2.07. The topological polar surface area (TPSA) is 112 Å². The number of nitro benzene ring substituents is 1. The maximum absolute atomic E-state index is 11.9. The van der Waals surface area contributed by atoms with Gasteiger partial charge in [0.1, 0.15) is 5.75 Å². The van der Waals surface area contributed by atoms with E-state index in [2.05, 4.69) is 10.5 Å². The van der Waals surface area contributed by atoms with Crippen LogP contribution in [0, 0.1) is 10.1 Å². The molecule has 0 spiro atoms. The molecule has 29 heavy (non-hydrogen) atoms. The highest BCUT2D eigenvalue weighted by Crippen LogP contribution is 2.37. The highest BCUT2D eigenvalue weighted by atomic mass is 35.5. The number of rotatable bonds is 8. The van der Waals surface area contributed by atoms with Crippen molar-refractivity contribution in [2.24, 2.45) is 5.10 Å². The maximum atomic E-state index is 11.9. The van der Waals surface area contributed by atoms with Gasteiger partial charge in [0.25, 0.3) is 5.69 Å². The van der Waals surface area contributed by atoms with Crippen molar-refractivity contribution in [1.29, 1.82) is 0 Å². The zero-order chi connectivity index (χ0) is 20.8.